The maximum Gasteiger partial charge on any atom is 0.143 e. The molecule has 0 radical (unpaired) electrons. The van der Waals surface area contributed by atoms with Crippen molar-refractivity contribution in [2.75, 3.05) is 4.90 Å². The molecule has 2 heterocycles. The number of allylic oxidation sites excluding steroid dienone is 2. The third-order valence-corrected chi connectivity index (χ3v) is 13.2. The average Bonchev–Trinajstić information content (AvgIpc) is 3.94. The summed E-state index contributed by atoms with van der Waals surface area (Å²) in [6.07, 6.45) is 7.97. The third kappa shape index (κ3) is 5.67. The molecule has 0 saturated carbocycles. The van der Waals surface area contributed by atoms with Gasteiger partial charge in [-0.25, -0.2) is 0 Å². The Bertz CT molecular complexity index is 3840. The Morgan fingerprint density at radius 1 is 0.381 bits per heavy atom. The predicted molar refractivity (Wildman–Crippen MR) is 265 cm³/mol. The second-order valence-electron chi connectivity index (χ2n) is 16.7. The fourth-order valence-electron chi connectivity index (χ4n) is 10.2. The molecule has 0 N–H and O–H groups in total. The molecular formula is C60H39NO2. The molecule has 0 aliphatic heterocycles. The molecule has 3 heteroatoms. The van der Waals surface area contributed by atoms with Crippen molar-refractivity contribution in [1.29, 1.82) is 0 Å². The number of para-hydroxylation sites is 4. The van der Waals surface area contributed by atoms with Crippen LogP contribution in [0.2, 0.25) is 0 Å². The number of hydrogen-bond acceptors (Lipinski definition) is 3. The van der Waals surface area contributed by atoms with Crippen molar-refractivity contribution in [2.45, 2.75) is 12.5 Å². The second kappa shape index (κ2) is 14.2. The fourth-order valence-corrected chi connectivity index (χ4v) is 10.2. The second-order valence-corrected chi connectivity index (χ2v) is 16.7. The summed E-state index contributed by atoms with van der Waals surface area (Å²) in [5.41, 5.74) is 12.7. The van der Waals surface area contributed by atoms with Crippen LogP contribution in [-0.2, 0) is 0 Å². The third-order valence-electron chi connectivity index (χ3n) is 13.2. The summed E-state index contributed by atoms with van der Waals surface area (Å²) in [4.78, 5) is 2.51. The molecule has 63 heavy (non-hydrogen) atoms. The lowest BCUT2D eigenvalue weighted by atomic mass is 9.90. The molecule has 2 aromatic heterocycles. The predicted octanol–water partition coefficient (Wildman–Crippen LogP) is 16.8. The molecule has 3 nitrogen and oxygen atoms in total. The molecule has 0 spiro atoms. The Morgan fingerprint density at radius 3 is 1.78 bits per heavy atom. The van der Waals surface area contributed by atoms with Crippen LogP contribution >= 0.6 is 0 Å². The minimum atomic E-state index is 0.0363. The fraction of sp³-hybridized carbons (Fsp3) is 0.0333. The van der Waals surface area contributed by atoms with Gasteiger partial charge in [-0.05, 0) is 80.4 Å². The Kier molecular flexibility index (Phi) is 8.04. The van der Waals surface area contributed by atoms with E-state index in [9.17, 15) is 0 Å². The molecule has 0 bridgehead atoms. The smallest absolute Gasteiger partial charge is 0.143 e. The van der Waals surface area contributed by atoms with Gasteiger partial charge in [0.05, 0.1) is 6.04 Å². The van der Waals surface area contributed by atoms with Crippen molar-refractivity contribution in [2.24, 2.45) is 0 Å². The number of furan rings is 2. The van der Waals surface area contributed by atoms with Crippen LogP contribution in [0.1, 0.15) is 12.0 Å². The van der Waals surface area contributed by atoms with Gasteiger partial charge in [0.15, 0.2) is 0 Å². The number of nitrogens with zero attached hydrogens (tertiary/aromatic N) is 1. The van der Waals surface area contributed by atoms with E-state index in [2.05, 4.69) is 211 Å². The molecule has 12 aromatic rings. The van der Waals surface area contributed by atoms with E-state index in [4.69, 9.17) is 8.83 Å². The van der Waals surface area contributed by atoms with Gasteiger partial charge in [-0.1, -0.05) is 188 Å². The van der Waals surface area contributed by atoms with E-state index in [1.165, 1.54) is 38.1 Å². The van der Waals surface area contributed by atoms with Crippen molar-refractivity contribution in [1.82, 2.24) is 0 Å². The topological polar surface area (TPSA) is 29.5 Å². The SMILES string of the molecule is C1=CC(N(c2ccc(-c3cccc4c3oc3ccccc34)cc2)c2ccccc2-c2cccc3c2oc2c4ccccc4ccc32)CC=C1c1cccc2c1ccc1ccccc12. The summed E-state index contributed by atoms with van der Waals surface area (Å²) in [6, 6.07) is 72.0. The van der Waals surface area contributed by atoms with E-state index in [0.717, 1.165) is 89.3 Å². The van der Waals surface area contributed by atoms with E-state index < -0.39 is 0 Å². The molecule has 0 fully saturated rings. The van der Waals surface area contributed by atoms with Crippen LogP contribution in [-0.4, -0.2) is 6.04 Å². The first-order chi connectivity index (χ1) is 31.2. The monoisotopic (exact) mass is 805 g/mol. The van der Waals surface area contributed by atoms with Gasteiger partial charge in [0.25, 0.3) is 0 Å². The number of benzene rings is 10. The first-order valence-electron chi connectivity index (χ1n) is 21.8. The highest BCUT2D eigenvalue weighted by Gasteiger charge is 2.26. The van der Waals surface area contributed by atoms with Gasteiger partial charge in [0.1, 0.15) is 22.3 Å². The van der Waals surface area contributed by atoms with Gasteiger partial charge >= 0.3 is 0 Å². The number of hydrogen-bond donors (Lipinski definition) is 0. The zero-order valence-electron chi connectivity index (χ0n) is 34.3. The summed E-state index contributed by atoms with van der Waals surface area (Å²) < 4.78 is 13.4. The van der Waals surface area contributed by atoms with Crippen LogP contribution in [0, 0.1) is 0 Å². The zero-order chi connectivity index (χ0) is 41.4. The highest BCUT2D eigenvalue weighted by atomic mass is 16.3. The minimum Gasteiger partial charge on any atom is -0.455 e. The zero-order valence-corrected chi connectivity index (χ0v) is 34.3. The molecule has 296 valence electrons. The molecular weight excluding hydrogens is 767 g/mol. The molecule has 0 amide bonds. The minimum absolute atomic E-state index is 0.0363. The lowest BCUT2D eigenvalue weighted by molar-refractivity contribution is 0.670. The number of anilines is 2. The molecule has 1 aliphatic rings. The maximum absolute atomic E-state index is 6.93. The first-order valence-corrected chi connectivity index (χ1v) is 21.8. The van der Waals surface area contributed by atoms with Crippen molar-refractivity contribution in [3.8, 4) is 22.3 Å². The van der Waals surface area contributed by atoms with Crippen LogP contribution in [0.15, 0.2) is 227 Å². The molecule has 10 aromatic carbocycles. The molecule has 1 unspecified atom stereocenters. The molecule has 1 aliphatic carbocycles. The van der Waals surface area contributed by atoms with Crippen molar-refractivity contribution < 1.29 is 8.83 Å². The van der Waals surface area contributed by atoms with Gasteiger partial charge in [-0.2, -0.15) is 0 Å². The number of rotatable bonds is 6. The number of fused-ring (bicyclic) bond motifs is 11. The highest BCUT2D eigenvalue weighted by Crippen LogP contribution is 2.45. The quantitative estimate of drug-likeness (QED) is 0.157. The maximum atomic E-state index is 6.93. The van der Waals surface area contributed by atoms with E-state index in [0.29, 0.717) is 0 Å². The Morgan fingerprint density at radius 2 is 0.968 bits per heavy atom. The normalized spacial score (nSPS) is 14.2. The van der Waals surface area contributed by atoms with Crippen LogP contribution in [0.3, 0.4) is 0 Å². The van der Waals surface area contributed by atoms with E-state index in [-0.39, 0.29) is 6.04 Å². The first kappa shape index (κ1) is 35.6. The van der Waals surface area contributed by atoms with Gasteiger partial charge in [0, 0.05) is 55.0 Å². The van der Waals surface area contributed by atoms with E-state index in [1.54, 1.807) is 0 Å². The van der Waals surface area contributed by atoms with Crippen LogP contribution in [0.5, 0.6) is 0 Å². The summed E-state index contributed by atoms with van der Waals surface area (Å²) in [6.45, 7) is 0. The largest absolute Gasteiger partial charge is 0.455 e. The van der Waals surface area contributed by atoms with E-state index >= 15 is 0 Å². The lowest BCUT2D eigenvalue weighted by Crippen LogP contribution is -2.30. The Balaban J connectivity index is 0.950. The van der Waals surface area contributed by atoms with E-state index in [1.807, 2.05) is 12.1 Å². The van der Waals surface area contributed by atoms with Gasteiger partial charge in [-0.15, -0.1) is 0 Å². The van der Waals surface area contributed by atoms with Crippen molar-refractivity contribution >= 4 is 93.1 Å². The average molecular weight is 806 g/mol. The standard InChI is InChI=1S/C60H39NO2/c1-3-14-44-38(12-1)30-36-49-45(18-9-20-48(44)49)40-26-32-42(33-27-40)61(43-34-28-41(29-35-43)47-19-10-22-53-51-17-6-8-25-57(51)62-58(47)53)56-24-7-5-16-50(56)52-21-11-23-54-55-37-31-39-13-2-4-15-46(39)59(55)63-60(52)54/h1-32,34-37,42H,33H2. The van der Waals surface area contributed by atoms with Crippen molar-refractivity contribution in [3.05, 3.63) is 224 Å². The van der Waals surface area contributed by atoms with Gasteiger partial charge < -0.3 is 13.7 Å². The Hall–Kier alpha value is -8.14. The van der Waals surface area contributed by atoms with Crippen LogP contribution < -0.4 is 4.90 Å². The molecule has 1 atom stereocenters. The summed E-state index contributed by atoms with van der Waals surface area (Å²) in [5, 5.41) is 11.9. The van der Waals surface area contributed by atoms with Crippen LogP contribution in [0.25, 0.3) is 104 Å². The van der Waals surface area contributed by atoms with Gasteiger partial charge in [0.2, 0.25) is 0 Å². The van der Waals surface area contributed by atoms with Crippen LogP contribution in [0.4, 0.5) is 11.4 Å². The lowest BCUT2D eigenvalue weighted by Gasteiger charge is -2.35. The molecule has 0 saturated heterocycles. The Labute approximate surface area is 364 Å². The molecule has 13 rings (SSSR count). The highest BCUT2D eigenvalue weighted by molar-refractivity contribution is 6.18. The summed E-state index contributed by atoms with van der Waals surface area (Å²) in [7, 11) is 0. The van der Waals surface area contributed by atoms with Gasteiger partial charge in [-0.3, -0.25) is 0 Å². The summed E-state index contributed by atoms with van der Waals surface area (Å²) in [5.74, 6) is 0. The van der Waals surface area contributed by atoms with Crippen molar-refractivity contribution in [3.63, 3.8) is 0 Å². The summed E-state index contributed by atoms with van der Waals surface area (Å²) >= 11 is 0.